The number of unbranched alkanes of at least 4 members (excludes halogenated alkanes) is 2. The Kier molecular flexibility index (Phi) is 19.0. The Balaban J connectivity index is 1.69. The molecule has 23 heteroatoms. The standard InChI is InChI=1S/C49H61NO18S4/c1-33-16-17-37-39(29-35(69(53,54)55)31-42(37)71(59,60)61)46(33)48(3,20-23-67-27-25-65-5)34(2)13-9-7-10-14-44-49(4,21-24-68-28-26-66-6)47-40-30-36(70(56,57)58)32-43(72(62,63)64)38(40)18-19-41(47)50(44)22-12-8-11-15-45(51)52/h7,9-10,13-14,16-19,29-32H,2,8,11-12,15,20-28H2,1,3-6H3,(H,51,52)(H,53,54,55)(H,56,57,58)(H,59,60,61)(H,62,63,64)/b10-7+,13-9+,44-14+. The number of anilines is 1. The van der Waals surface area contributed by atoms with E-state index in [2.05, 4.69) is 6.58 Å². The molecule has 0 saturated carbocycles. The minimum atomic E-state index is -5.04. The first-order chi connectivity index (χ1) is 33.6. The molecule has 0 radical (unpaired) electrons. The van der Waals surface area contributed by atoms with E-state index in [-0.39, 0.29) is 73.8 Å². The van der Waals surface area contributed by atoms with E-state index < -0.39 is 76.9 Å². The van der Waals surface area contributed by atoms with Gasteiger partial charge in [0.05, 0.1) is 36.2 Å². The van der Waals surface area contributed by atoms with Gasteiger partial charge >= 0.3 is 5.97 Å². The molecule has 4 aromatic rings. The maximum Gasteiger partial charge on any atom is 0.303 e. The van der Waals surface area contributed by atoms with E-state index >= 15 is 0 Å². The first-order valence-corrected chi connectivity index (χ1v) is 28.3. The van der Waals surface area contributed by atoms with Crippen molar-refractivity contribution in [1.82, 2.24) is 0 Å². The molecule has 0 saturated heterocycles. The van der Waals surface area contributed by atoms with E-state index in [0.29, 0.717) is 78.2 Å². The van der Waals surface area contributed by atoms with Crippen molar-refractivity contribution in [1.29, 1.82) is 0 Å². The van der Waals surface area contributed by atoms with E-state index in [4.69, 9.17) is 18.9 Å². The van der Waals surface area contributed by atoms with Gasteiger partial charge in [-0.15, -0.1) is 0 Å². The lowest BCUT2D eigenvalue weighted by Crippen LogP contribution is -2.30. The van der Waals surface area contributed by atoms with Gasteiger partial charge in [-0.25, -0.2) is 0 Å². The number of carbonyl (C=O) groups is 1. The van der Waals surface area contributed by atoms with Crippen LogP contribution < -0.4 is 4.90 Å². The summed E-state index contributed by atoms with van der Waals surface area (Å²) in [6.45, 7) is 11.5. The first kappa shape index (κ1) is 58.0. The molecule has 0 spiro atoms. The predicted octanol–water partition coefficient (Wildman–Crippen LogP) is 7.63. The third-order valence-electron chi connectivity index (χ3n) is 12.8. The van der Waals surface area contributed by atoms with Crippen molar-refractivity contribution in [3.05, 3.63) is 113 Å². The largest absolute Gasteiger partial charge is 0.481 e. The second kappa shape index (κ2) is 23.5. The fourth-order valence-corrected chi connectivity index (χ4v) is 11.9. The number of aryl methyl sites for hydroxylation is 1. The third kappa shape index (κ3) is 13.4. The molecule has 1 aliphatic heterocycles. The summed E-state index contributed by atoms with van der Waals surface area (Å²) < 4.78 is 164. The number of nitrogens with zero attached hydrogens (tertiary/aromatic N) is 1. The van der Waals surface area contributed by atoms with Gasteiger partial charge in [-0.3, -0.25) is 23.0 Å². The average Bonchev–Trinajstić information content (AvgIpc) is 3.52. The number of ether oxygens (including phenoxy) is 4. The number of allylic oxidation sites excluding steroid dienone is 7. The van der Waals surface area contributed by atoms with Crippen LogP contribution in [0.25, 0.3) is 21.5 Å². The Hall–Kier alpha value is -4.89. The number of benzene rings is 4. The van der Waals surface area contributed by atoms with Crippen LogP contribution in [-0.4, -0.2) is 123 Å². The lowest BCUT2D eigenvalue weighted by atomic mass is 9.70. The average molecular weight is 1080 g/mol. The predicted molar refractivity (Wildman–Crippen MR) is 270 cm³/mol. The van der Waals surface area contributed by atoms with Crippen molar-refractivity contribution >= 4 is 73.7 Å². The van der Waals surface area contributed by atoms with E-state index in [0.717, 1.165) is 12.1 Å². The number of fused-ring (bicyclic) bond motifs is 4. The second-order valence-corrected chi connectivity index (χ2v) is 23.3. The Morgan fingerprint density at radius 2 is 1.25 bits per heavy atom. The van der Waals surface area contributed by atoms with E-state index in [9.17, 15) is 61.8 Å². The quantitative estimate of drug-likeness (QED) is 0.0218. The summed E-state index contributed by atoms with van der Waals surface area (Å²) in [6, 6.07) is 9.82. The topological polar surface area (TPSA) is 295 Å². The van der Waals surface area contributed by atoms with Crippen molar-refractivity contribution in [3.63, 3.8) is 0 Å². The summed E-state index contributed by atoms with van der Waals surface area (Å²) in [4.78, 5) is 10.3. The monoisotopic (exact) mass is 1080 g/mol. The number of carboxylic acids is 1. The van der Waals surface area contributed by atoms with Crippen molar-refractivity contribution in [2.24, 2.45) is 0 Å². The number of rotatable bonds is 27. The number of hydrogen-bond donors (Lipinski definition) is 5. The number of hydrogen-bond acceptors (Lipinski definition) is 14. The summed E-state index contributed by atoms with van der Waals surface area (Å²) in [6.07, 6.45) is 10.5. The van der Waals surface area contributed by atoms with Crippen LogP contribution in [0.3, 0.4) is 0 Å². The normalized spacial score (nSPS) is 17.2. The Bertz CT molecular complexity index is 3260. The van der Waals surface area contributed by atoms with Crippen LogP contribution >= 0.6 is 0 Å². The zero-order chi connectivity index (χ0) is 53.5. The van der Waals surface area contributed by atoms with Crippen LogP contribution in [0.1, 0.15) is 69.1 Å². The molecule has 5 rings (SSSR count). The van der Waals surface area contributed by atoms with Gasteiger partial charge in [0.15, 0.2) is 0 Å². The number of carboxylic acid groups (broad SMARTS) is 1. The van der Waals surface area contributed by atoms with Crippen LogP contribution in [0, 0.1) is 6.92 Å². The molecule has 0 bridgehead atoms. The summed E-state index contributed by atoms with van der Waals surface area (Å²) in [5.41, 5.74) is 0.984. The molecule has 72 heavy (non-hydrogen) atoms. The number of methoxy groups -OCH3 is 2. The van der Waals surface area contributed by atoms with E-state index in [1.807, 2.05) is 24.8 Å². The summed E-state index contributed by atoms with van der Waals surface area (Å²) in [7, 11) is -17.0. The summed E-state index contributed by atoms with van der Waals surface area (Å²) in [5.74, 6) is -0.944. The Labute approximate surface area is 420 Å². The molecule has 5 N–H and O–H groups in total. The summed E-state index contributed by atoms with van der Waals surface area (Å²) in [5, 5.41) is 9.51. The molecular weight excluding hydrogens is 1020 g/mol. The van der Waals surface area contributed by atoms with Crippen LogP contribution in [0.4, 0.5) is 5.69 Å². The zero-order valence-corrected chi connectivity index (χ0v) is 43.8. The van der Waals surface area contributed by atoms with Crippen molar-refractivity contribution in [3.8, 4) is 0 Å². The SMILES string of the molecule is C=C(/C=C/C=C/C=C1/N(CCCCCC(=O)O)c2ccc3c(S(=O)(=O)O)cc(S(=O)(=O)O)cc3c2C1(C)CCOCCOC)C(C)(CCOCCOC)c1c(C)ccc2c(S(=O)(=O)O)cc(S(=O)(=O)O)cc12. The highest BCUT2D eigenvalue weighted by molar-refractivity contribution is 7.87. The lowest BCUT2D eigenvalue weighted by molar-refractivity contribution is -0.137. The minimum Gasteiger partial charge on any atom is -0.481 e. The first-order valence-electron chi connectivity index (χ1n) is 22.6. The van der Waals surface area contributed by atoms with Gasteiger partial charge in [0.25, 0.3) is 40.5 Å². The zero-order valence-electron chi connectivity index (χ0n) is 40.5. The van der Waals surface area contributed by atoms with Gasteiger partial charge in [0, 0.05) is 73.4 Å². The van der Waals surface area contributed by atoms with Crippen LogP contribution in [0.2, 0.25) is 0 Å². The highest BCUT2D eigenvalue weighted by Crippen LogP contribution is 2.54. The number of aliphatic carboxylic acids is 1. The Morgan fingerprint density at radius 3 is 1.81 bits per heavy atom. The van der Waals surface area contributed by atoms with Crippen LogP contribution in [0.5, 0.6) is 0 Å². The summed E-state index contributed by atoms with van der Waals surface area (Å²) >= 11 is 0. The van der Waals surface area contributed by atoms with Gasteiger partial charge in [0.1, 0.15) is 9.79 Å². The molecule has 4 aromatic carbocycles. The molecule has 1 aliphatic rings. The van der Waals surface area contributed by atoms with Crippen molar-refractivity contribution in [2.75, 3.05) is 65.3 Å². The molecular formula is C49H61NO18S4. The van der Waals surface area contributed by atoms with Gasteiger partial charge in [-0.1, -0.05) is 62.4 Å². The third-order valence-corrected chi connectivity index (χ3v) is 16.3. The molecule has 2 atom stereocenters. The van der Waals surface area contributed by atoms with Gasteiger partial charge in [0.2, 0.25) is 0 Å². The highest BCUT2D eigenvalue weighted by Gasteiger charge is 2.45. The van der Waals surface area contributed by atoms with E-state index in [1.54, 1.807) is 43.4 Å². The molecule has 19 nitrogen and oxygen atoms in total. The maximum atomic E-state index is 12.8. The molecule has 394 valence electrons. The van der Waals surface area contributed by atoms with Gasteiger partial charge < -0.3 is 29.0 Å². The molecule has 0 aromatic heterocycles. The van der Waals surface area contributed by atoms with Crippen LogP contribution in [0.15, 0.2) is 116 Å². The van der Waals surface area contributed by atoms with Crippen LogP contribution in [-0.2, 0) is 75.0 Å². The molecule has 0 aliphatic carbocycles. The van der Waals surface area contributed by atoms with Crippen molar-refractivity contribution < 1.29 is 80.7 Å². The smallest absolute Gasteiger partial charge is 0.303 e. The minimum absolute atomic E-state index is 0.00679. The molecule has 0 amide bonds. The lowest BCUT2D eigenvalue weighted by Gasteiger charge is -2.34. The molecule has 0 fully saturated rings. The fraction of sp³-hybridized carbons (Fsp3) is 0.408. The Morgan fingerprint density at radius 1 is 0.694 bits per heavy atom. The second-order valence-electron chi connectivity index (χ2n) is 17.7. The van der Waals surface area contributed by atoms with Crippen molar-refractivity contribution in [2.45, 2.75) is 89.7 Å². The van der Waals surface area contributed by atoms with Gasteiger partial charge in [-0.05, 0) is 109 Å². The maximum absolute atomic E-state index is 12.8. The highest BCUT2D eigenvalue weighted by atomic mass is 32.2. The van der Waals surface area contributed by atoms with Gasteiger partial charge in [-0.2, -0.15) is 33.7 Å². The van der Waals surface area contributed by atoms with E-state index in [1.165, 1.54) is 26.4 Å². The fourth-order valence-electron chi connectivity index (χ4n) is 9.21. The molecule has 1 heterocycles. The molecule has 2 unspecified atom stereocenters.